The number of ether oxygens (including phenoxy) is 1. The largest absolute Gasteiger partial charge is 0.507 e. The molecule has 0 bridgehead atoms. The lowest BCUT2D eigenvalue weighted by Gasteiger charge is -2.06. The van der Waals surface area contributed by atoms with Gasteiger partial charge in [0, 0.05) is 11.6 Å². The summed E-state index contributed by atoms with van der Waals surface area (Å²) < 4.78 is 10.9. The quantitative estimate of drug-likeness (QED) is 0.484. The molecule has 2 aromatic heterocycles. The van der Waals surface area contributed by atoms with Gasteiger partial charge in [0.15, 0.2) is 5.76 Å². The molecule has 0 spiro atoms. The number of aryl methyl sites for hydroxylation is 1. The lowest BCUT2D eigenvalue weighted by molar-refractivity contribution is 0.415. The predicted molar refractivity (Wildman–Crippen MR) is 108 cm³/mol. The highest BCUT2D eigenvalue weighted by molar-refractivity contribution is 5.82. The van der Waals surface area contributed by atoms with Crippen LogP contribution < -0.4 is 10.2 Å². The van der Waals surface area contributed by atoms with E-state index in [2.05, 4.69) is 9.97 Å². The third kappa shape index (κ3) is 3.34. The maximum atomic E-state index is 12.1. The highest BCUT2D eigenvalue weighted by Gasteiger charge is 2.22. The number of phenolic OH excluding ortho intramolecular Hbond substituents is 1. The molecule has 2 heterocycles. The Morgan fingerprint density at radius 1 is 1.07 bits per heavy atom. The van der Waals surface area contributed by atoms with E-state index >= 15 is 0 Å². The van der Waals surface area contributed by atoms with E-state index in [1.165, 1.54) is 6.07 Å². The third-order valence-corrected chi connectivity index (χ3v) is 4.50. The molecule has 0 fully saturated rings. The van der Waals surface area contributed by atoms with Crippen molar-refractivity contribution in [1.29, 1.82) is 0 Å². The normalized spacial score (nSPS) is 10.8. The van der Waals surface area contributed by atoms with E-state index in [0.29, 0.717) is 39.8 Å². The molecule has 29 heavy (non-hydrogen) atoms. The molecule has 4 aromatic rings. The van der Waals surface area contributed by atoms with Crippen LogP contribution in [0.3, 0.4) is 0 Å². The predicted octanol–water partition coefficient (Wildman–Crippen LogP) is 4.09. The van der Waals surface area contributed by atoms with Gasteiger partial charge in [0.25, 0.3) is 0 Å². The van der Waals surface area contributed by atoms with Gasteiger partial charge in [-0.2, -0.15) is 0 Å². The molecule has 7 nitrogen and oxygen atoms in total. The van der Waals surface area contributed by atoms with E-state index in [4.69, 9.17) is 9.15 Å². The van der Waals surface area contributed by atoms with Gasteiger partial charge in [-0.15, -0.1) is 0 Å². The fourth-order valence-electron chi connectivity index (χ4n) is 3.07. The van der Waals surface area contributed by atoms with Gasteiger partial charge < -0.3 is 24.4 Å². The van der Waals surface area contributed by atoms with E-state index in [9.17, 15) is 15.0 Å². The minimum atomic E-state index is -0.553. The second-order valence-corrected chi connectivity index (χ2v) is 6.45. The molecule has 0 radical (unpaired) electrons. The van der Waals surface area contributed by atoms with Crippen LogP contribution in [-0.4, -0.2) is 27.3 Å². The van der Waals surface area contributed by atoms with E-state index in [0.717, 1.165) is 0 Å². The number of H-pyrrole nitrogens is 1. The monoisotopic (exact) mass is 390 g/mol. The lowest BCUT2D eigenvalue weighted by atomic mass is 10.1. The zero-order valence-electron chi connectivity index (χ0n) is 15.8. The van der Waals surface area contributed by atoms with E-state index in [1.807, 2.05) is 0 Å². The molecular formula is C22H18N2O5. The summed E-state index contributed by atoms with van der Waals surface area (Å²) in [6.07, 6.45) is 0. The Morgan fingerprint density at radius 3 is 2.48 bits per heavy atom. The molecule has 0 aliphatic rings. The van der Waals surface area contributed by atoms with Gasteiger partial charge in [0.05, 0.1) is 12.7 Å². The van der Waals surface area contributed by atoms with Crippen LogP contribution in [0.25, 0.3) is 34.1 Å². The first-order valence-corrected chi connectivity index (χ1v) is 8.85. The Hall–Kier alpha value is -4.00. The minimum absolute atomic E-state index is 0.0185. The number of aromatic nitrogens is 2. The van der Waals surface area contributed by atoms with Gasteiger partial charge in [-0.05, 0) is 43.3 Å². The van der Waals surface area contributed by atoms with Crippen LogP contribution in [0.2, 0.25) is 0 Å². The first kappa shape index (κ1) is 18.4. The van der Waals surface area contributed by atoms with Crippen molar-refractivity contribution in [3.8, 4) is 51.3 Å². The summed E-state index contributed by atoms with van der Waals surface area (Å²) in [6, 6.07) is 15.1. The number of hydrogen-bond acceptors (Lipinski definition) is 6. The zero-order chi connectivity index (χ0) is 20.5. The van der Waals surface area contributed by atoms with Crippen LogP contribution in [-0.2, 0) is 0 Å². The number of nitrogens with zero attached hydrogens (tertiary/aromatic N) is 1. The summed E-state index contributed by atoms with van der Waals surface area (Å²) >= 11 is 0. The highest BCUT2D eigenvalue weighted by Crippen LogP contribution is 2.38. The van der Waals surface area contributed by atoms with Crippen LogP contribution in [0.5, 0.6) is 17.2 Å². The van der Waals surface area contributed by atoms with Gasteiger partial charge >= 0.3 is 0 Å². The Bertz CT molecular complexity index is 1240. The number of rotatable bonds is 4. The first-order chi connectivity index (χ1) is 14.0. The molecule has 0 aliphatic heterocycles. The standard InChI is InChI=1S/C22H18N2O5/c1-12-11-17(26)20(27)21(29-12)19-18(13-7-9-14(28-2)10-8-13)23-22(24-19)15-5-3-4-6-16(15)25/h3-11,25,27H,1-2H3,(H,23,24). The summed E-state index contributed by atoms with van der Waals surface area (Å²) in [5.41, 5.74) is 1.41. The topological polar surface area (TPSA) is 109 Å². The summed E-state index contributed by atoms with van der Waals surface area (Å²) in [7, 11) is 1.57. The average Bonchev–Trinajstić information content (AvgIpc) is 3.16. The van der Waals surface area contributed by atoms with Crippen LogP contribution in [0, 0.1) is 6.92 Å². The summed E-state index contributed by atoms with van der Waals surface area (Å²) in [5, 5.41) is 20.6. The van der Waals surface area contributed by atoms with Crippen molar-refractivity contribution in [3.05, 3.63) is 70.6 Å². The molecule has 0 saturated carbocycles. The van der Waals surface area contributed by atoms with Crippen LogP contribution in [0.4, 0.5) is 0 Å². The highest BCUT2D eigenvalue weighted by atomic mass is 16.5. The van der Waals surface area contributed by atoms with Crippen molar-refractivity contribution in [2.45, 2.75) is 6.92 Å². The molecule has 3 N–H and O–H groups in total. The molecule has 0 amide bonds. The lowest BCUT2D eigenvalue weighted by Crippen LogP contribution is -2.01. The van der Waals surface area contributed by atoms with Crippen molar-refractivity contribution in [3.63, 3.8) is 0 Å². The van der Waals surface area contributed by atoms with Gasteiger partial charge in [-0.3, -0.25) is 4.79 Å². The fraction of sp³-hybridized carbons (Fsp3) is 0.0909. The van der Waals surface area contributed by atoms with Crippen LogP contribution >= 0.6 is 0 Å². The van der Waals surface area contributed by atoms with Crippen LogP contribution in [0.15, 0.2) is 63.8 Å². The molecule has 0 saturated heterocycles. The summed E-state index contributed by atoms with van der Waals surface area (Å²) in [6.45, 7) is 1.62. The molecular weight excluding hydrogens is 372 g/mol. The Balaban J connectivity index is 1.98. The second-order valence-electron chi connectivity index (χ2n) is 6.45. The number of benzene rings is 2. The maximum absolute atomic E-state index is 12.1. The van der Waals surface area contributed by atoms with Crippen molar-refractivity contribution >= 4 is 0 Å². The number of methoxy groups -OCH3 is 1. The number of aromatic amines is 1. The number of imidazole rings is 1. The minimum Gasteiger partial charge on any atom is -0.507 e. The zero-order valence-corrected chi connectivity index (χ0v) is 15.8. The van der Waals surface area contributed by atoms with Crippen molar-refractivity contribution < 1.29 is 19.4 Å². The second kappa shape index (κ2) is 7.20. The van der Waals surface area contributed by atoms with Gasteiger partial charge in [0.1, 0.15) is 34.5 Å². The number of para-hydroxylation sites is 1. The Labute approximate surface area is 165 Å². The molecule has 0 aliphatic carbocycles. The number of aromatic hydroxyl groups is 2. The van der Waals surface area contributed by atoms with E-state index < -0.39 is 11.2 Å². The average molecular weight is 390 g/mol. The van der Waals surface area contributed by atoms with E-state index in [-0.39, 0.29) is 11.5 Å². The molecule has 0 atom stereocenters. The SMILES string of the molecule is COc1ccc(-c2nc(-c3ccccc3O)[nH]c2-c2oc(C)cc(=O)c2O)cc1. The molecule has 2 aromatic carbocycles. The van der Waals surface area contributed by atoms with Crippen LogP contribution in [0.1, 0.15) is 5.76 Å². The fourth-order valence-corrected chi connectivity index (χ4v) is 3.07. The van der Waals surface area contributed by atoms with E-state index in [1.54, 1.807) is 62.6 Å². The smallest absolute Gasteiger partial charge is 0.227 e. The number of phenols is 1. The Morgan fingerprint density at radius 2 is 1.79 bits per heavy atom. The van der Waals surface area contributed by atoms with Crippen molar-refractivity contribution in [2.24, 2.45) is 0 Å². The maximum Gasteiger partial charge on any atom is 0.227 e. The summed E-state index contributed by atoms with van der Waals surface area (Å²) in [5.74, 6) is 0.906. The molecule has 0 unspecified atom stereocenters. The third-order valence-electron chi connectivity index (χ3n) is 4.50. The summed E-state index contributed by atoms with van der Waals surface area (Å²) in [4.78, 5) is 19.8. The van der Waals surface area contributed by atoms with Gasteiger partial charge in [0.2, 0.25) is 11.2 Å². The van der Waals surface area contributed by atoms with Crippen molar-refractivity contribution in [2.75, 3.05) is 7.11 Å². The van der Waals surface area contributed by atoms with Gasteiger partial charge in [-0.25, -0.2) is 4.98 Å². The number of hydrogen-bond donors (Lipinski definition) is 3. The Kier molecular flexibility index (Phi) is 4.56. The first-order valence-electron chi connectivity index (χ1n) is 8.85. The molecule has 7 heteroatoms. The van der Waals surface area contributed by atoms with Crippen molar-refractivity contribution in [1.82, 2.24) is 9.97 Å². The molecule has 4 rings (SSSR count). The number of nitrogens with one attached hydrogen (secondary N) is 1. The van der Waals surface area contributed by atoms with Gasteiger partial charge in [-0.1, -0.05) is 12.1 Å². The molecule has 146 valence electrons.